The van der Waals surface area contributed by atoms with Crippen LogP contribution in [0.25, 0.3) is 11.2 Å². The van der Waals surface area contributed by atoms with Crippen LogP contribution in [-0.2, 0) is 0 Å². The highest BCUT2D eigenvalue weighted by Crippen LogP contribution is 2.38. The van der Waals surface area contributed by atoms with Gasteiger partial charge in [-0.25, -0.2) is 9.97 Å². The lowest BCUT2D eigenvalue weighted by molar-refractivity contribution is 0.206. The second-order valence-corrected chi connectivity index (χ2v) is 6.50. The summed E-state index contributed by atoms with van der Waals surface area (Å²) in [5.74, 6) is 1.88. The quantitative estimate of drug-likeness (QED) is 0.866. The number of hydrogen-bond acceptors (Lipinski definition) is 3. The largest absolute Gasteiger partial charge is 0.309 e. The van der Waals surface area contributed by atoms with Gasteiger partial charge in [-0.05, 0) is 57.3 Å². The number of likely N-dealkylation sites (tertiary alicyclic amines) is 1. The Bertz CT molecular complexity index is 629. The number of likely N-dealkylation sites (N-methyl/N-ethyl adjacent to an activating group) is 1. The van der Waals surface area contributed by atoms with E-state index in [2.05, 4.69) is 27.4 Å². The summed E-state index contributed by atoms with van der Waals surface area (Å²) < 4.78 is 2.47. The number of aromatic nitrogens is 3. The molecule has 0 radical (unpaired) electrons. The molecule has 0 spiro atoms. The van der Waals surface area contributed by atoms with E-state index < -0.39 is 0 Å². The number of fused-ring (bicyclic) bond motifs is 1. The summed E-state index contributed by atoms with van der Waals surface area (Å²) in [4.78, 5) is 12.2. The minimum atomic E-state index is 0.577. The maximum Gasteiger partial charge on any atom is 0.160 e. The van der Waals surface area contributed by atoms with Crippen molar-refractivity contribution in [2.24, 2.45) is 0 Å². The van der Waals surface area contributed by atoms with Gasteiger partial charge in [-0.2, -0.15) is 0 Å². The summed E-state index contributed by atoms with van der Waals surface area (Å²) >= 11 is 0. The summed E-state index contributed by atoms with van der Waals surface area (Å²) in [6.45, 7) is 5.82. The molecule has 112 valence electrons. The average molecular weight is 284 g/mol. The lowest BCUT2D eigenvalue weighted by atomic mass is 9.91. The molecule has 3 heterocycles. The Morgan fingerprint density at radius 1 is 1.24 bits per heavy atom. The smallest absolute Gasteiger partial charge is 0.160 e. The Morgan fingerprint density at radius 3 is 2.90 bits per heavy atom. The first kappa shape index (κ1) is 13.3. The van der Waals surface area contributed by atoms with E-state index in [4.69, 9.17) is 4.98 Å². The molecule has 1 unspecified atom stereocenters. The molecule has 2 aromatic heterocycles. The van der Waals surface area contributed by atoms with E-state index in [1.54, 1.807) is 0 Å². The molecule has 2 fully saturated rings. The van der Waals surface area contributed by atoms with Crippen molar-refractivity contribution in [3.63, 3.8) is 0 Å². The Labute approximate surface area is 126 Å². The van der Waals surface area contributed by atoms with E-state index >= 15 is 0 Å². The summed E-state index contributed by atoms with van der Waals surface area (Å²) in [5.41, 5.74) is 2.18. The minimum absolute atomic E-state index is 0.577. The van der Waals surface area contributed by atoms with Gasteiger partial charge in [-0.3, -0.25) is 0 Å². The molecule has 1 saturated heterocycles. The Kier molecular flexibility index (Phi) is 3.42. The molecule has 1 saturated carbocycles. The Morgan fingerprint density at radius 2 is 2.14 bits per heavy atom. The van der Waals surface area contributed by atoms with Crippen molar-refractivity contribution in [2.75, 3.05) is 19.6 Å². The van der Waals surface area contributed by atoms with E-state index in [1.807, 2.05) is 12.3 Å². The van der Waals surface area contributed by atoms with E-state index in [0.29, 0.717) is 12.0 Å². The molecule has 0 bridgehead atoms. The third-order valence-corrected chi connectivity index (χ3v) is 5.23. The number of hydrogen-bond donors (Lipinski definition) is 0. The first-order valence-electron chi connectivity index (χ1n) is 8.42. The third kappa shape index (κ3) is 2.26. The maximum absolute atomic E-state index is 4.98. The van der Waals surface area contributed by atoms with Gasteiger partial charge in [-0.1, -0.05) is 6.92 Å². The van der Waals surface area contributed by atoms with E-state index in [-0.39, 0.29) is 0 Å². The molecule has 4 heteroatoms. The van der Waals surface area contributed by atoms with Crippen LogP contribution in [0.5, 0.6) is 0 Å². The SMILES string of the molecule is CCN1CCCC(c2nc3cccnc3n2C2CCC2)C1. The number of rotatable bonds is 3. The average Bonchev–Trinajstić information content (AvgIpc) is 2.85. The molecule has 2 aromatic rings. The van der Waals surface area contributed by atoms with Crippen molar-refractivity contribution in [3.8, 4) is 0 Å². The maximum atomic E-state index is 4.98. The lowest BCUT2D eigenvalue weighted by Crippen LogP contribution is -2.35. The second-order valence-electron chi connectivity index (χ2n) is 6.50. The highest BCUT2D eigenvalue weighted by Gasteiger charge is 2.30. The molecule has 0 aromatic carbocycles. The van der Waals surface area contributed by atoms with Gasteiger partial charge in [0.2, 0.25) is 0 Å². The lowest BCUT2D eigenvalue weighted by Gasteiger charge is -2.34. The van der Waals surface area contributed by atoms with Crippen molar-refractivity contribution >= 4 is 11.2 Å². The zero-order valence-corrected chi connectivity index (χ0v) is 12.8. The van der Waals surface area contributed by atoms with Crippen molar-refractivity contribution in [1.29, 1.82) is 0 Å². The summed E-state index contributed by atoms with van der Waals surface area (Å²) in [6.07, 6.45) is 8.40. The minimum Gasteiger partial charge on any atom is -0.309 e. The monoisotopic (exact) mass is 284 g/mol. The van der Waals surface area contributed by atoms with Crippen LogP contribution in [0.2, 0.25) is 0 Å². The summed E-state index contributed by atoms with van der Waals surface area (Å²) in [6, 6.07) is 4.75. The number of pyridine rings is 1. The highest BCUT2D eigenvalue weighted by molar-refractivity contribution is 5.71. The molecule has 2 aliphatic rings. The molecule has 1 aliphatic heterocycles. The molecule has 0 N–H and O–H groups in total. The fourth-order valence-corrected chi connectivity index (χ4v) is 3.79. The van der Waals surface area contributed by atoms with Gasteiger partial charge in [0.05, 0.1) is 0 Å². The van der Waals surface area contributed by atoms with Crippen LogP contribution in [0.4, 0.5) is 0 Å². The Balaban J connectivity index is 1.76. The van der Waals surface area contributed by atoms with Crippen molar-refractivity contribution < 1.29 is 0 Å². The van der Waals surface area contributed by atoms with Crippen LogP contribution < -0.4 is 0 Å². The topological polar surface area (TPSA) is 34.0 Å². The van der Waals surface area contributed by atoms with Crippen molar-refractivity contribution in [2.45, 2.75) is 51.0 Å². The van der Waals surface area contributed by atoms with Gasteiger partial charge in [0.15, 0.2) is 5.65 Å². The Hall–Kier alpha value is -1.42. The van der Waals surface area contributed by atoms with Crippen molar-refractivity contribution in [1.82, 2.24) is 19.4 Å². The summed E-state index contributed by atoms with van der Waals surface area (Å²) in [7, 11) is 0. The molecule has 0 amide bonds. The van der Waals surface area contributed by atoms with Gasteiger partial charge in [0, 0.05) is 24.7 Å². The van der Waals surface area contributed by atoms with Gasteiger partial charge >= 0.3 is 0 Å². The predicted molar refractivity (Wildman–Crippen MR) is 84.5 cm³/mol. The van der Waals surface area contributed by atoms with Gasteiger partial charge in [-0.15, -0.1) is 0 Å². The fourth-order valence-electron chi connectivity index (χ4n) is 3.79. The molecule has 4 nitrogen and oxygen atoms in total. The molecule has 1 atom stereocenters. The van der Waals surface area contributed by atoms with Crippen LogP contribution in [0.3, 0.4) is 0 Å². The first-order valence-corrected chi connectivity index (χ1v) is 8.42. The van der Waals surface area contributed by atoms with Gasteiger partial charge in [0.25, 0.3) is 0 Å². The number of imidazole rings is 1. The normalized spacial score (nSPS) is 24.3. The predicted octanol–water partition coefficient (Wildman–Crippen LogP) is 3.36. The summed E-state index contributed by atoms with van der Waals surface area (Å²) in [5, 5.41) is 0. The molecule has 4 rings (SSSR count). The second kappa shape index (κ2) is 5.41. The van der Waals surface area contributed by atoms with E-state index in [1.165, 1.54) is 44.5 Å². The van der Waals surface area contributed by atoms with Gasteiger partial charge < -0.3 is 9.47 Å². The van der Waals surface area contributed by atoms with E-state index in [0.717, 1.165) is 24.3 Å². The first-order chi connectivity index (χ1) is 10.4. The van der Waals surface area contributed by atoms with Crippen molar-refractivity contribution in [3.05, 3.63) is 24.2 Å². The van der Waals surface area contributed by atoms with Crippen LogP contribution in [0.15, 0.2) is 18.3 Å². The molecular weight excluding hydrogens is 260 g/mol. The number of nitrogens with zero attached hydrogens (tertiary/aromatic N) is 4. The molecule has 1 aliphatic carbocycles. The third-order valence-electron chi connectivity index (χ3n) is 5.23. The van der Waals surface area contributed by atoms with Crippen LogP contribution in [-0.4, -0.2) is 39.1 Å². The van der Waals surface area contributed by atoms with Crippen LogP contribution >= 0.6 is 0 Å². The zero-order chi connectivity index (χ0) is 14.2. The van der Waals surface area contributed by atoms with E-state index in [9.17, 15) is 0 Å². The fraction of sp³-hybridized carbons (Fsp3) is 0.647. The van der Waals surface area contributed by atoms with Gasteiger partial charge in [0.1, 0.15) is 11.3 Å². The number of piperidine rings is 1. The van der Waals surface area contributed by atoms with Crippen LogP contribution in [0.1, 0.15) is 56.8 Å². The molecular formula is C17H24N4. The zero-order valence-electron chi connectivity index (χ0n) is 12.8. The molecule has 21 heavy (non-hydrogen) atoms. The standard InChI is InChI=1S/C17H24N4/c1-2-20-11-5-6-13(12-20)16-19-15-9-4-10-18-17(15)21(16)14-7-3-8-14/h4,9-10,13-14H,2-3,5-8,11-12H2,1H3. The van der Waals surface area contributed by atoms with Crippen LogP contribution in [0, 0.1) is 0 Å². The highest BCUT2D eigenvalue weighted by atomic mass is 15.2.